The number of aromatic carboxylic acids is 1. The second kappa shape index (κ2) is 9.30. The van der Waals surface area contributed by atoms with E-state index in [1.54, 1.807) is 22.9 Å². The molecule has 2 aromatic heterocycles. The highest BCUT2D eigenvalue weighted by Gasteiger charge is 2.18. The summed E-state index contributed by atoms with van der Waals surface area (Å²) in [5.41, 5.74) is 5.51. The third-order valence-electron chi connectivity index (χ3n) is 5.34. The summed E-state index contributed by atoms with van der Waals surface area (Å²) in [5.74, 6) is -1.43. The van der Waals surface area contributed by atoms with Crippen molar-refractivity contribution in [2.45, 2.75) is 40.5 Å². The molecule has 0 spiro atoms. The van der Waals surface area contributed by atoms with Crippen LogP contribution < -0.4 is 0 Å². The molecule has 166 valence electrons. The molecule has 0 bridgehead atoms. The maximum atomic E-state index is 14.9. The fourth-order valence-electron chi connectivity index (χ4n) is 3.90. The summed E-state index contributed by atoms with van der Waals surface area (Å²) in [6, 6.07) is 10.7. The second-order valence-electron chi connectivity index (χ2n) is 7.78. The number of pyridine rings is 1. The first-order chi connectivity index (χ1) is 15.3. The van der Waals surface area contributed by atoms with E-state index in [2.05, 4.69) is 10.1 Å². The minimum Gasteiger partial charge on any atom is -0.478 e. The van der Waals surface area contributed by atoms with E-state index in [0.717, 1.165) is 16.8 Å². The van der Waals surface area contributed by atoms with Crippen LogP contribution in [0, 0.1) is 12.7 Å². The minimum atomic E-state index is -0.984. The van der Waals surface area contributed by atoms with E-state index in [1.807, 2.05) is 66.1 Å². The van der Waals surface area contributed by atoms with E-state index < -0.39 is 11.8 Å². The summed E-state index contributed by atoms with van der Waals surface area (Å²) in [6.07, 6.45) is 3.16. The maximum Gasteiger partial charge on any atom is 0.335 e. The third-order valence-corrected chi connectivity index (χ3v) is 5.34. The number of fused-ring (bicyclic) bond motifs is 1. The van der Waals surface area contributed by atoms with Gasteiger partial charge in [0.05, 0.1) is 23.0 Å². The summed E-state index contributed by atoms with van der Waals surface area (Å²) in [5, 5.41) is 14.5. The molecule has 0 aliphatic carbocycles. The molecule has 0 atom stereocenters. The van der Waals surface area contributed by atoms with Crippen LogP contribution in [0.3, 0.4) is 0 Å². The summed E-state index contributed by atoms with van der Waals surface area (Å²) >= 11 is 0. The van der Waals surface area contributed by atoms with Crippen molar-refractivity contribution in [3.05, 3.63) is 71.4 Å². The molecule has 4 rings (SSSR count). The number of halogens is 1. The SMILES string of the molecule is CC.Cc1nn(C)cc1-c1ccc2c(-c3ccc(C(=O)O)c(C(C)C)c3)c(F)cnc2c1. The number of rotatable bonds is 4. The van der Waals surface area contributed by atoms with Crippen molar-refractivity contribution in [2.75, 3.05) is 0 Å². The lowest BCUT2D eigenvalue weighted by atomic mass is 9.91. The highest BCUT2D eigenvalue weighted by atomic mass is 19.1. The van der Waals surface area contributed by atoms with E-state index in [-0.39, 0.29) is 11.5 Å². The van der Waals surface area contributed by atoms with Gasteiger partial charge in [-0.1, -0.05) is 45.9 Å². The Hall–Kier alpha value is -3.54. The van der Waals surface area contributed by atoms with Crippen LogP contribution in [0.5, 0.6) is 0 Å². The molecule has 0 saturated carbocycles. The van der Waals surface area contributed by atoms with Crippen LogP contribution in [-0.4, -0.2) is 25.8 Å². The van der Waals surface area contributed by atoms with Crippen molar-refractivity contribution < 1.29 is 14.3 Å². The Bertz CT molecular complexity index is 1290. The molecule has 0 saturated heterocycles. The lowest BCUT2D eigenvalue weighted by molar-refractivity contribution is 0.0695. The van der Waals surface area contributed by atoms with Gasteiger partial charge in [-0.2, -0.15) is 5.10 Å². The van der Waals surface area contributed by atoms with Crippen LogP contribution in [0.25, 0.3) is 33.2 Å². The highest BCUT2D eigenvalue weighted by molar-refractivity contribution is 5.98. The molecule has 6 heteroatoms. The molecule has 0 aliphatic rings. The fraction of sp³-hybridized carbons (Fsp3) is 0.269. The highest BCUT2D eigenvalue weighted by Crippen LogP contribution is 2.35. The Morgan fingerprint density at radius 2 is 1.78 bits per heavy atom. The van der Waals surface area contributed by atoms with Crippen molar-refractivity contribution in [1.29, 1.82) is 0 Å². The van der Waals surface area contributed by atoms with Gasteiger partial charge in [0.2, 0.25) is 0 Å². The molecule has 0 radical (unpaired) electrons. The van der Waals surface area contributed by atoms with Crippen LogP contribution in [0.15, 0.2) is 48.8 Å². The number of hydrogen-bond acceptors (Lipinski definition) is 3. The van der Waals surface area contributed by atoms with Gasteiger partial charge in [-0.05, 0) is 47.7 Å². The zero-order valence-corrected chi connectivity index (χ0v) is 19.3. The molecular formula is C26H28FN3O2. The van der Waals surface area contributed by atoms with Crippen molar-refractivity contribution in [1.82, 2.24) is 14.8 Å². The van der Waals surface area contributed by atoms with Crippen molar-refractivity contribution >= 4 is 16.9 Å². The van der Waals surface area contributed by atoms with Crippen LogP contribution in [0.1, 0.15) is 55.2 Å². The summed E-state index contributed by atoms with van der Waals surface area (Å²) < 4.78 is 16.7. The lowest BCUT2D eigenvalue weighted by Gasteiger charge is -2.14. The van der Waals surface area contributed by atoms with E-state index in [4.69, 9.17) is 0 Å². The van der Waals surface area contributed by atoms with E-state index in [1.165, 1.54) is 6.20 Å². The first-order valence-corrected chi connectivity index (χ1v) is 10.7. The molecule has 1 N–H and O–H groups in total. The molecule has 5 nitrogen and oxygen atoms in total. The van der Waals surface area contributed by atoms with Gasteiger partial charge in [0, 0.05) is 29.8 Å². The summed E-state index contributed by atoms with van der Waals surface area (Å²) in [6.45, 7) is 9.80. The standard InChI is InChI=1S/C24H22FN3O2.C2H6/c1-13(2)19-9-16(6-7-17(19)24(29)30)23-18-8-5-15(10-22(18)26-11-21(23)25)20-12-28(4)27-14(20)3;1-2/h5-13H,1-4H3,(H,29,30);1-2H3. The van der Waals surface area contributed by atoms with Gasteiger partial charge < -0.3 is 5.11 Å². The van der Waals surface area contributed by atoms with Crippen LogP contribution in [0.2, 0.25) is 0 Å². The predicted octanol–water partition coefficient (Wildman–Crippen LogP) is 6.60. The summed E-state index contributed by atoms with van der Waals surface area (Å²) in [4.78, 5) is 15.9. The van der Waals surface area contributed by atoms with Crippen molar-refractivity contribution in [3.63, 3.8) is 0 Å². The number of aryl methyl sites for hydroxylation is 2. The number of aromatic nitrogens is 3. The van der Waals surface area contributed by atoms with Crippen LogP contribution >= 0.6 is 0 Å². The third kappa shape index (κ3) is 4.26. The van der Waals surface area contributed by atoms with Gasteiger partial charge in [0.25, 0.3) is 0 Å². The Morgan fingerprint density at radius 1 is 1.09 bits per heavy atom. The van der Waals surface area contributed by atoms with Crippen molar-refractivity contribution in [3.8, 4) is 22.3 Å². The van der Waals surface area contributed by atoms with Crippen LogP contribution in [0.4, 0.5) is 4.39 Å². The zero-order valence-electron chi connectivity index (χ0n) is 19.3. The van der Waals surface area contributed by atoms with E-state index in [0.29, 0.717) is 27.6 Å². The minimum absolute atomic E-state index is 0.00706. The van der Waals surface area contributed by atoms with Gasteiger partial charge in [0.15, 0.2) is 0 Å². The van der Waals surface area contributed by atoms with E-state index in [9.17, 15) is 14.3 Å². The van der Waals surface area contributed by atoms with Crippen LogP contribution in [-0.2, 0) is 7.05 Å². The van der Waals surface area contributed by atoms with E-state index >= 15 is 0 Å². The second-order valence-corrected chi connectivity index (χ2v) is 7.78. The van der Waals surface area contributed by atoms with Gasteiger partial charge in [-0.25, -0.2) is 9.18 Å². The Balaban J connectivity index is 0.00000141. The van der Waals surface area contributed by atoms with Gasteiger partial charge in [-0.3, -0.25) is 9.67 Å². The number of carbonyl (C=O) groups is 1. The smallest absolute Gasteiger partial charge is 0.335 e. The predicted molar refractivity (Wildman–Crippen MR) is 126 cm³/mol. The molecule has 0 unspecified atom stereocenters. The largest absolute Gasteiger partial charge is 0.478 e. The van der Waals surface area contributed by atoms with Crippen molar-refractivity contribution in [2.24, 2.45) is 7.05 Å². The van der Waals surface area contributed by atoms with Gasteiger partial charge in [-0.15, -0.1) is 0 Å². The molecule has 32 heavy (non-hydrogen) atoms. The average Bonchev–Trinajstić information content (AvgIpc) is 3.12. The number of nitrogens with zero attached hydrogens (tertiary/aromatic N) is 3. The molecular weight excluding hydrogens is 405 g/mol. The molecule has 4 aromatic rings. The normalized spacial score (nSPS) is 10.9. The zero-order chi connectivity index (χ0) is 23.6. The quantitative estimate of drug-likeness (QED) is 0.394. The average molecular weight is 434 g/mol. The maximum absolute atomic E-state index is 14.9. The molecule has 0 fully saturated rings. The first kappa shape index (κ1) is 23.1. The monoisotopic (exact) mass is 433 g/mol. The number of carboxylic acids is 1. The summed E-state index contributed by atoms with van der Waals surface area (Å²) in [7, 11) is 1.87. The topological polar surface area (TPSA) is 68.0 Å². The lowest BCUT2D eigenvalue weighted by Crippen LogP contribution is -2.04. The number of benzene rings is 2. The number of hydrogen-bond donors (Lipinski definition) is 1. The number of carboxylic acid groups (broad SMARTS) is 1. The Labute approximate surface area is 187 Å². The molecule has 2 heterocycles. The Kier molecular flexibility index (Phi) is 6.72. The molecule has 0 amide bonds. The van der Waals surface area contributed by atoms with Gasteiger partial charge in [0.1, 0.15) is 5.82 Å². The van der Waals surface area contributed by atoms with Gasteiger partial charge >= 0.3 is 5.97 Å². The molecule has 2 aromatic carbocycles. The Morgan fingerprint density at radius 3 is 2.38 bits per heavy atom. The first-order valence-electron chi connectivity index (χ1n) is 10.7. The fourth-order valence-corrected chi connectivity index (χ4v) is 3.90. The molecule has 0 aliphatic heterocycles.